The highest BCUT2D eigenvalue weighted by molar-refractivity contribution is 5.46. The van der Waals surface area contributed by atoms with Crippen LogP contribution in [0.3, 0.4) is 0 Å². The Labute approximate surface area is 72.1 Å². The van der Waals surface area contributed by atoms with Crippen molar-refractivity contribution in [3.8, 4) is 0 Å². The van der Waals surface area contributed by atoms with Crippen molar-refractivity contribution in [2.45, 2.75) is 13.3 Å². The van der Waals surface area contributed by atoms with Gasteiger partial charge in [-0.25, -0.2) is 5.53 Å². The van der Waals surface area contributed by atoms with Crippen molar-refractivity contribution in [1.29, 1.82) is 5.53 Å². The Hall–Kier alpha value is -1.22. The maximum absolute atomic E-state index is 6.91. The van der Waals surface area contributed by atoms with Crippen molar-refractivity contribution in [3.05, 3.63) is 29.3 Å². The second-order valence-corrected chi connectivity index (χ2v) is 2.77. The van der Waals surface area contributed by atoms with Gasteiger partial charge >= 0.3 is 0 Å². The summed E-state index contributed by atoms with van der Waals surface area (Å²) < 4.78 is 0. The van der Waals surface area contributed by atoms with Crippen LogP contribution in [-0.2, 0) is 6.42 Å². The van der Waals surface area contributed by atoms with Gasteiger partial charge in [0.15, 0.2) is 0 Å². The zero-order valence-corrected chi connectivity index (χ0v) is 7.17. The van der Waals surface area contributed by atoms with Crippen molar-refractivity contribution in [3.63, 3.8) is 0 Å². The Bertz CT molecular complexity index is 281. The molecule has 3 heteroatoms. The summed E-state index contributed by atoms with van der Waals surface area (Å²) in [5, 5.41) is 3.42. The first-order chi connectivity index (χ1) is 5.77. The molecule has 0 bridgehead atoms. The Morgan fingerprint density at radius 2 is 2.25 bits per heavy atom. The van der Waals surface area contributed by atoms with Crippen LogP contribution in [0.25, 0.3) is 0 Å². The molecule has 1 rings (SSSR count). The van der Waals surface area contributed by atoms with Crippen molar-refractivity contribution in [2.75, 3.05) is 6.54 Å². The van der Waals surface area contributed by atoms with Gasteiger partial charge in [0.25, 0.3) is 0 Å². The van der Waals surface area contributed by atoms with Gasteiger partial charge in [-0.15, -0.1) is 0 Å². The van der Waals surface area contributed by atoms with Gasteiger partial charge in [0.05, 0.1) is 5.69 Å². The lowest BCUT2D eigenvalue weighted by Crippen LogP contribution is -2.02. The molecule has 3 nitrogen and oxygen atoms in total. The predicted molar refractivity (Wildman–Crippen MR) is 48.7 cm³/mol. The first kappa shape index (κ1) is 8.87. The summed E-state index contributed by atoms with van der Waals surface area (Å²) in [5.74, 6) is 0. The number of hydrogen-bond donors (Lipinski definition) is 2. The van der Waals surface area contributed by atoms with Crippen LogP contribution in [0.1, 0.15) is 11.1 Å². The molecular formula is C9H13N3. The topological polar surface area (TPSA) is 62.2 Å². The van der Waals surface area contributed by atoms with Crippen LogP contribution >= 0.6 is 0 Å². The van der Waals surface area contributed by atoms with E-state index in [0.717, 1.165) is 23.2 Å². The van der Waals surface area contributed by atoms with Crippen LogP contribution in [0.4, 0.5) is 5.69 Å². The normalized spacial score (nSPS) is 9.83. The molecule has 12 heavy (non-hydrogen) atoms. The summed E-state index contributed by atoms with van der Waals surface area (Å²) in [6, 6.07) is 5.91. The van der Waals surface area contributed by atoms with E-state index in [0.29, 0.717) is 6.54 Å². The number of nitrogens with zero attached hydrogens (tertiary/aromatic N) is 1. The first-order valence-corrected chi connectivity index (χ1v) is 3.95. The zero-order valence-electron chi connectivity index (χ0n) is 7.17. The minimum Gasteiger partial charge on any atom is -0.330 e. The predicted octanol–water partition coefficient (Wildman–Crippen LogP) is 2.16. The van der Waals surface area contributed by atoms with Gasteiger partial charge < -0.3 is 5.73 Å². The van der Waals surface area contributed by atoms with E-state index in [1.165, 1.54) is 0 Å². The highest BCUT2D eigenvalue weighted by atomic mass is 15.0. The Kier molecular flexibility index (Phi) is 2.94. The monoisotopic (exact) mass is 163 g/mol. The number of aryl methyl sites for hydroxylation is 1. The summed E-state index contributed by atoms with van der Waals surface area (Å²) in [4.78, 5) is 0. The van der Waals surface area contributed by atoms with Crippen LogP contribution in [-0.4, -0.2) is 6.54 Å². The maximum atomic E-state index is 6.91. The lowest BCUT2D eigenvalue weighted by Gasteiger charge is -2.01. The third-order valence-electron chi connectivity index (χ3n) is 1.83. The molecule has 0 atom stereocenters. The van der Waals surface area contributed by atoms with Gasteiger partial charge in [-0.2, -0.15) is 5.11 Å². The van der Waals surface area contributed by atoms with Gasteiger partial charge in [-0.3, -0.25) is 0 Å². The highest BCUT2D eigenvalue weighted by Crippen LogP contribution is 2.19. The maximum Gasteiger partial charge on any atom is 0.0881 e. The van der Waals surface area contributed by atoms with Gasteiger partial charge in [0.1, 0.15) is 0 Å². The second-order valence-electron chi connectivity index (χ2n) is 2.77. The molecule has 0 aliphatic heterocycles. The molecule has 1 aromatic rings. The first-order valence-electron chi connectivity index (χ1n) is 3.95. The largest absolute Gasteiger partial charge is 0.330 e. The van der Waals surface area contributed by atoms with E-state index in [1.807, 2.05) is 25.1 Å². The molecule has 0 saturated carbocycles. The average molecular weight is 163 g/mol. The van der Waals surface area contributed by atoms with Crippen molar-refractivity contribution >= 4 is 5.69 Å². The average Bonchev–Trinajstić information content (AvgIpc) is 2.09. The van der Waals surface area contributed by atoms with E-state index in [2.05, 4.69) is 5.11 Å². The number of nitrogens with one attached hydrogen (secondary N) is 1. The van der Waals surface area contributed by atoms with Crippen LogP contribution in [0.2, 0.25) is 0 Å². The number of hydrogen-bond acceptors (Lipinski definition) is 3. The van der Waals surface area contributed by atoms with Crippen LogP contribution in [0.15, 0.2) is 23.3 Å². The van der Waals surface area contributed by atoms with Gasteiger partial charge in [0, 0.05) is 0 Å². The lowest BCUT2D eigenvalue weighted by molar-refractivity contribution is 0.965. The van der Waals surface area contributed by atoms with Crippen LogP contribution < -0.4 is 5.73 Å². The Balaban J connectivity index is 2.96. The molecule has 0 unspecified atom stereocenters. The van der Waals surface area contributed by atoms with E-state index < -0.39 is 0 Å². The molecule has 3 N–H and O–H groups in total. The lowest BCUT2D eigenvalue weighted by atomic mass is 10.1. The number of rotatable bonds is 3. The molecule has 0 aromatic heterocycles. The molecule has 0 saturated heterocycles. The second kappa shape index (κ2) is 3.97. The molecule has 0 spiro atoms. The standard InChI is InChI=1S/C9H13N3/c1-7-2-3-8(4-5-10)6-9(7)12-11/h2-3,6,11H,4-5,10H2,1H3. The number of benzene rings is 1. The van der Waals surface area contributed by atoms with Crippen molar-refractivity contribution in [1.82, 2.24) is 0 Å². The molecule has 0 aliphatic carbocycles. The third kappa shape index (κ3) is 1.89. The molecular weight excluding hydrogens is 150 g/mol. The minimum atomic E-state index is 0.639. The van der Waals surface area contributed by atoms with E-state index in [-0.39, 0.29) is 0 Å². The Morgan fingerprint density at radius 3 is 2.83 bits per heavy atom. The van der Waals surface area contributed by atoms with E-state index in [1.54, 1.807) is 0 Å². The van der Waals surface area contributed by atoms with E-state index in [9.17, 15) is 0 Å². The fourth-order valence-corrected chi connectivity index (χ4v) is 1.10. The van der Waals surface area contributed by atoms with Gasteiger partial charge in [0.2, 0.25) is 0 Å². The summed E-state index contributed by atoms with van der Waals surface area (Å²) in [5.41, 5.74) is 15.2. The van der Waals surface area contributed by atoms with Gasteiger partial charge in [-0.1, -0.05) is 12.1 Å². The van der Waals surface area contributed by atoms with Crippen molar-refractivity contribution in [2.24, 2.45) is 10.8 Å². The molecule has 0 fully saturated rings. The Morgan fingerprint density at radius 1 is 1.50 bits per heavy atom. The van der Waals surface area contributed by atoms with Crippen LogP contribution in [0, 0.1) is 12.5 Å². The highest BCUT2D eigenvalue weighted by Gasteiger charge is 1.97. The fourth-order valence-electron chi connectivity index (χ4n) is 1.10. The summed E-state index contributed by atoms with van der Waals surface area (Å²) in [6.07, 6.45) is 0.850. The fraction of sp³-hybridized carbons (Fsp3) is 0.333. The molecule has 64 valence electrons. The zero-order chi connectivity index (χ0) is 8.97. The smallest absolute Gasteiger partial charge is 0.0881 e. The van der Waals surface area contributed by atoms with E-state index >= 15 is 0 Å². The SMILES string of the molecule is Cc1ccc(CCN)cc1N=N. The number of nitrogens with two attached hydrogens (primary N) is 1. The summed E-state index contributed by atoms with van der Waals surface area (Å²) in [6.45, 7) is 2.58. The minimum absolute atomic E-state index is 0.639. The van der Waals surface area contributed by atoms with E-state index in [4.69, 9.17) is 11.3 Å². The summed E-state index contributed by atoms with van der Waals surface area (Å²) >= 11 is 0. The molecule has 1 aromatic carbocycles. The van der Waals surface area contributed by atoms with Crippen molar-refractivity contribution < 1.29 is 0 Å². The summed E-state index contributed by atoms with van der Waals surface area (Å²) in [7, 11) is 0. The molecule has 0 heterocycles. The third-order valence-corrected chi connectivity index (χ3v) is 1.83. The molecule has 0 radical (unpaired) electrons. The van der Waals surface area contributed by atoms with Crippen LogP contribution in [0.5, 0.6) is 0 Å². The van der Waals surface area contributed by atoms with Gasteiger partial charge in [-0.05, 0) is 37.1 Å². The molecule has 0 amide bonds. The molecule has 0 aliphatic rings. The quantitative estimate of drug-likeness (QED) is 0.659.